The number of hydrogen-bond acceptors (Lipinski definition) is 4. The number of methoxy groups -OCH3 is 1. The molecule has 0 saturated heterocycles. The highest BCUT2D eigenvalue weighted by Gasteiger charge is 2.19. The maximum absolute atomic E-state index is 5.92. The van der Waals surface area contributed by atoms with Gasteiger partial charge in [0.2, 0.25) is 0 Å². The van der Waals surface area contributed by atoms with Gasteiger partial charge in [-0.1, -0.05) is 19.1 Å². The Bertz CT molecular complexity index is 528. The van der Waals surface area contributed by atoms with Gasteiger partial charge in [0.15, 0.2) is 0 Å². The van der Waals surface area contributed by atoms with E-state index in [1.165, 1.54) is 5.56 Å². The molecule has 4 nitrogen and oxygen atoms in total. The Labute approximate surface area is 113 Å². The number of benzene rings is 1. The molecule has 0 saturated carbocycles. The van der Waals surface area contributed by atoms with Crippen LogP contribution < -0.4 is 10.5 Å². The third kappa shape index (κ3) is 2.90. The highest BCUT2D eigenvalue weighted by atomic mass is 16.5. The summed E-state index contributed by atoms with van der Waals surface area (Å²) in [6.45, 7) is 2.58. The minimum absolute atomic E-state index is 0.0392. The van der Waals surface area contributed by atoms with Gasteiger partial charge in [-0.2, -0.15) is 0 Å². The van der Waals surface area contributed by atoms with Crippen LogP contribution in [0.4, 0.5) is 0 Å². The van der Waals surface area contributed by atoms with Crippen LogP contribution in [0.5, 0.6) is 5.75 Å². The molecular formula is C15H19N3O. The van der Waals surface area contributed by atoms with E-state index in [-0.39, 0.29) is 5.92 Å². The zero-order chi connectivity index (χ0) is 13.7. The second-order valence-electron chi connectivity index (χ2n) is 4.33. The molecule has 4 heteroatoms. The van der Waals surface area contributed by atoms with E-state index in [2.05, 4.69) is 29.0 Å². The van der Waals surface area contributed by atoms with Crippen molar-refractivity contribution in [3.8, 4) is 5.75 Å². The summed E-state index contributed by atoms with van der Waals surface area (Å²) in [5.74, 6) is 1.53. The van der Waals surface area contributed by atoms with E-state index in [0.29, 0.717) is 6.54 Å². The molecule has 1 heterocycles. The fraction of sp³-hybridized carbons (Fsp3) is 0.333. The lowest BCUT2D eigenvalue weighted by molar-refractivity contribution is 0.407. The smallest absolute Gasteiger partial charge is 0.137 e. The summed E-state index contributed by atoms with van der Waals surface area (Å²) >= 11 is 0. The van der Waals surface area contributed by atoms with Crippen molar-refractivity contribution in [1.29, 1.82) is 0 Å². The molecule has 2 N–H and O–H groups in total. The molecule has 0 fully saturated rings. The zero-order valence-electron chi connectivity index (χ0n) is 11.3. The lowest BCUT2D eigenvalue weighted by Gasteiger charge is -2.18. The van der Waals surface area contributed by atoms with Gasteiger partial charge in [-0.3, -0.25) is 0 Å². The average molecular weight is 257 g/mol. The Morgan fingerprint density at radius 3 is 2.58 bits per heavy atom. The van der Waals surface area contributed by atoms with E-state index in [4.69, 9.17) is 10.5 Å². The van der Waals surface area contributed by atoms with Crippen LogP contribution in [0.3, 0.4) is 0 Å². The highest BCUT2D eigenvalue weighted by Crippen LogP contribution is 2.30. The average Bonchev–Trinajstić information content (AvgIpc) is 2.49. The van der Waals surface area contributed by atoms with E-state index in [0.717, 1.165) is 23.6 Å². The van der Waals surface area contributed by atoms with E-state index < -0.39 is 0 Å². The normalized spacial score (nSPS) is 12.2. The van der Waals surface area contributed by atoms with E-state index in [1.54, 1.807) is 25.6 Å². The predicted octanol–water partition coefficient (Wildman–Crippen LogP) is 2.14. The van der Waals surface area contributed by atoms with Gasteiger partial charge in [-0.25, -0.2) is 9.97 Å². The van der Waals surface area contributed by atoms with E-state index in [9.17, 15) is 0 Å². The van der Waals surface area contributed by atoms with Crippen LogP contribution in [0.15, 0.2) is 36.7 Å². The summed E-state index contributed by atoms with van der Waals surface area (Å²) in [6, 6.07) is 7.99. The van der Waals surface area contributed by atoms with Crippen molar-refractivity contribution < 1.29 is 4.74 Å². The number of aryl methyl sites for hydroxylation is 1. The third-order valence-electron chi connectivity index (χ3n) is 3.21. The molecule has 19 heavy (non-hydrogen) atoms. The Hall–Kier alpha value is -1.94. The first-order chi connectivity index (χ1) is 9.30. The standard InChI is InChI=1S/C15H19N3O/c1-3-11-5-6-14(19-2)12(9-11)13(10-16)15-17-7-4-8-18-15/h4-9,13H,3,10,16H2,1-2H3. The summed E-state index contributed by atoms with van der Waals surface area (Å²) in [7, 11) is 1.67. The first-order valence-electron chi connectivity index (χ1n) is 6.44. The van der Waals surface area contributed by atoms with Crippen LogP contribution in [-0.4, -0.2) is 23.6 Å². The Kier molecular flexibility index (Phi) is 4.47. The van der Waals surface area contributed by atoms with Crippen LogP contribution >= 0.6 is 0 Å². The molecular weight excluding hydrogens is 238 g/mol. The van der Waals surface area contributed by atoms with Gasteiger partial charge in [-0.15, -0.1) is 0 Å². The first kappa shape index (κ1) is 13.5. The molecule has 1 aromatic carbocycles. The first-order valence-corrected chi connectivity index (χ1v) is 6.44. The van der Waals surface area contributed by atoms with Gasteiger partial charge in [0, 0.05) is 24.5 Å². The molecule has 1 unspecified atom stereocenters. The lowest BCUT2D eigenvalue weighted by atomic mass is 9.94. The largest absolute Gasteiger partial charge is 0.496 e. The molecule has 0 aliphatic heterocycles. The molecule has 1 aromatic heterocycles. The van der Waals surface area contributed by atoms with Crippen LogP contribution in [0, 0.1) is 0 Å². The Balaban J connectivity index is 2.48. The Morgan fingerprint density at radius 1 is 1.26 bits per heavy atom. The van der Waals surface area contributed by atoms with Crippen LogP contribution in [0.2, 0.25) is 0 Å². The fourth-order valence-electron chi connectivity index (χ4n) is 2.14. The van der Waals surface area contributed by atoms with Crippen molar-refractivity contribution in [2.75, 3.05) is 13.7 Å². The van der Waals surface area contributed by atoms with Crippen LogP contribution in [-0.2, 0) is 6.42 Å². The zero-order valence-corrected chi connectivity index (χ0v) is 11.3. The molecule has 0 bridgehead atoms. The van der Waals surface area contributed by atoms with Crippen molar-refractivity contribution in [1.82, 2.24) is 9.97 Å². The molecule has 0 spiro atoms. The summed E-state index contributed by atoms with van der Waals surface area (Å²) in [5, 5.41) is 0. The summed E-state index contributed by atoms with van der Waals surface area (Å²) < 4.78 is 5.44. The number of rotatable bonds is 5. The minimum Gasteiger partial charge on any atom is -0.496 e. The molecule has 2 rings (SSSR count). The second kappa shape index (κ2) is 6.29. The van der Waals surface area contributed by atoms with Crippen molar-refractivity contribution >= 4 is 0 Å². The summed E-state index contributed by atoms with van der Waals surface area (Å²) in [4.78, 5) is 8.62. The van der Waals surface area contributed by atoms with Crippen molar-refractivity contribution in [3.05, 3.63) is 53.6 Å². The van der Waals surface area contributed by atoms with Crippen molar-refractivity contribution in [2.24, 2.45) is 5.73 Å². The van der Waals surface area contributed by atoms with Crippen LogP contribution in [0.25, 0.3) is 0 Å². The van der Waals surface area contributed by atoms with Gasteiger partial charge in [0.05, 0.1) is 13.0 Å². The number of nitrogens with zero attached hydrogens (tertiary/aromatic N) is 2. The lowest BCUT2D eigenvalue weighted by Crippen LogP contribution is -2.17. The van der Waals surface area contributed by atoms with Crippen molar-refractivity contribution in [2.45, 2.75) is 19.3 Å². The van der Waals surface area contributed by atoms with Gasteiger partial charge in [0.25, 0.3) is 0 Å². The topological polar surface area (TPSA) is 61.0 Å². The second-order valence-corrected chi connectivity index (χ2v) is 4.33. The maximum Gasteiger partial charge on any atom is 0.137 e. The van der Waals surface area contributed by atoms with Gasteiger partial charge in [-0.05, 0) is 24.1 Å². The molecule has 2 aromatic rings. The summed E-state index contributed by atoms with van der Waals surface area (Å²) in [5.41, 5.74) is 8.22. The van der Waals surface area contributed by atoms with Gasteiger partial charge in [0.1, 0.15) is 11.6 Å². The molecule has 1 atom stereocenters. The van der Waals surface area contributed by atoms with Gasteiger partial charge >= 0.3 is 0 Å². The van der Waals surface area contributed by atoms with E-state index >= 15 is 0 Å². The van der Waals surface area contributed by atoms with E-state index in [1.807, 2.05) is 6.07 Å². The monoisotopic (exact) mass is 257 g/mol. The predicted molar refractivity (Wildman–Crippen MR) is 75.3 cm³/mol. The minimum atomic E-state index is -0.0392. The molecule has 0 amide bonds. The molecule has 100 valence electrons. The summed E-state index contributed by atoms with van der Waals surface area (Å²) in [6.07, 6.45) is 4.45. The molecule has 0 aliphatic carbocycles. The Morgan fingerprint density at radius 2 is 2.00 bits per heavy atom. The molecule has 0 radical (unpaired) electrons. The number of ether oxygens (including phenoxy) is 1. The van der Waals surface area contributed by atoms with Crippen LogP contribution in [0.1, 0.15) is 29.8 Å². The quantitative estimate of drug-likeness (QED) is 0.891. The molecule has 0 aliphatic rings. The maximum atomic E-state index is 5.92. The SMILES string of the molecule is CCc1ccc(OC)c(C(CN)c2ncccn2)c1. The number of nitrogens with two attached hydrogens (primary N) is 1. The third-order valence-corrected chi connectivity index (χ3v) is 3.21. The van der Waals surface area contributed by atoms with Gasteiger partial charge < -0.3 is 10.5 Å². The van der Waals surface area contributed by atoms with Crippen molar-refractivity contribution in [3.63, 3.8) is 0 Å². The fourth-order valence-corrected chi connectivity index (χ4v) is 2.14. The number of aromatic nitrogens is 2. The number of hydrogen-bond donors (Lipinski definition) is 1. The highest BCUT2D eigenvalue weighted by molar-refractivity contribution is 5.42.